The van der Waals surface area contributed by atoms with Crippen molar-refractivity contribution in [2.45, 2.75) is 0 Å². The molecule has 4 aromatic rings. The highest BCUT2D eigenvalue weighted by Crippen LogP contribution is 2.36. The first kappa shape index (κ1) is 13.1. The molecule has 5 rings (SSSR count). The minimum absolute atomic E-state index is 0.282. The Morgan fingerprint density at radius 2 is 1.79 bits per heavy atom. The van der Waals surface area contributed by atoms with Crippen LogP contribution in [0.5, 0.6) is 11.5 Å². The van der Waals surface area contributed by atoms with Crippen LogP contribution in [0.3, 0.4) is 0 Å². The van der Waals surface area contributed by atoms with Crippen LogP contribution in [0.2, 0.25) is 0 Å². The molecule has 0 radical (unpaired) electrons. The quantitative estimate of drug-likeness (QED) is 0.564. The number of ether oxygens (including phenoxy) is 2. The zero-order valence-electron chi connectivity index (χ0n) is 12.7. The summed E-state index contributed by atoms with van der Waals surface area (Å²) in [6.07, 6.45) is 7.57. The van der Waals surface area contributed by atoms with Crippen molar-refractivity contribution in [1.82, 2.24) is 14.4 Å². The topological polar surface area (TPSA) is 48.7 Å². The molecule has 1 aromatic carbocycles. The van der Waals surface area contributed by atoms with E-state index >= 15 is 0 Å². The minimum atomic E-state index is 0.282. The van der Waals surface area contributed by atoms with Crippen molar-refractivity contribution < 1.29 is 9.47 Å². The largest absolute Gasteiger partial charge is 0.454 e. The Labute approximate surface area is 138 Å². The molecular formula is C19H13N3O2. The molecule has 0 amide bonds. The first-order valence-corrected chi connectivity index (χ1v) is 7.66. The van der Waals surface area contributed by atoms with Gasteiger partial charge in [0.15, 0.2) is 11.5 Å². The molecule has 0 N–H and O–H groups in total. The predicted octanol–water partition coefficient (Wildman–Crippen LogP) is 3.79. The molecule has 1 aliphatic rings. The standard InChI is InChI=1S/C19H13N3O2/c1-2-14(9-20-7-1)16-10-21-19-6-4-15(11-22(16)19)13-3-5-17-18(8-13)24-12-23-17/h1-11H,12H2. The molecule has 0 spiro atoms. The number of fused-ring (bicyclic) bond motifs is 2. The van der Waals surface area contributed by atoms with Crippen molar-refractivity contribution in [3.05, 3.63) is 67.3 Å². The van der Waals surface area contributed by atoms with Crippen molar-refractivity contribution in [2.24, 2.45) is 0 Å². The van der Waals surface area contributed by atoms with E-state index in [4.69, 9.17) is 9.47 Å². The van der Waals surface area contributed by atoms with Crippen molar-refractivity contribution in [3.8, 4) is 33.9 Å². The van der Waals surface area contributed by atoms with Crippen molar-refractivity contribution >= 4 is 5.65 Å². The fraction of sp³-hybridized carbons (Fsp3) is 0.0526. The van der Waals surface area contributed by atoms with Crippen LogP contribution in [0.15, 0.2) is 67.3 Å². The van der Waals surface area contributed by atoms with E-state index in [0.717, 1.165) is 39.5 Å². The highest BCUT2D eigenvalue weighted by molar-refractivity contribution is 5.71. The van der Waals surface area contributed by atoms with Crippen molar-refractivity contribution in [1.29, 1.82) is 0 Å². The number of nitrogens with zero attached hydrogens (tertiary/aromatic N) is 3. The second-order valence-electron chi connectivity index (χ2n) is 5.60. The number of rotatable bonds is 2. The Balaban J connectivity index is 1.65. The molecule has 1 aliphatic heterocycles. The molecule has 5 heteroatoms. The lowest BCUT2D eigenvalue weighted by Gasteiger charge is -2.06. The normalized spacial score (nSPS) is 12.7. The first-order valence-electron chi connectivity index (χ1n) is 7.66. The molecule has 0 atom stereocenters. The van der Waals surface area contributed by atoms with Crippen LogP contribution in [0.25, 0.3) is 28.0 Å². The van der Waals surface area contributed by atoms with E-state index in [2.05, 4.69) is 26.6 Å². The molecule has 0 bridgehead atoms. The van der Waals surface area contributed by atoms with Gasteiger partial charge in [-0.3, -0.25) is 9.38 Å². The van der Waals surface area contributed by atoms with Gasteiger partial charge in [-0.1, -0.05) is 6.07 Å². The maximum absolute atomic E-state index is 5.48. The third-order valence-electron chi connectivity index (χ3n) is 4.17. The molecule has 5 nitrogen and oxygen atoms in total. The summed E-state index contributed by atoms with van der Waals surface area (Å²) in [5.41, 5.74) is 5.11. The minimum Gasteiger partial charge on any atom is -0.454 e. The average molecular weight is 315 g/mol. The fourth-order valence-electron chi connectivity index (χ4n) is 2.96. The monoisotopic (exact) mass is 315 g/mol. The average Bonchev–Trinajstić information content (AvgIpc) is 3.28. The molecule has 116 valence electrons. The summed E-state index contributed by atoms with van der Waals surface area (Å²) in [5.74, 6) is 1.57. The number of hydrogen-bond acceptors (Lipinski definition) is 4. The van der Waals surface area contributed by atoms with Crippen LogP contribution in [-0.2, 0) is 0 Å². The lowest BCUT2D eigenvalue weighted by molar-refractivity contribution is 0.174. The molecule has 0 saturated carbocycles. The van der Waals surface area contributed by atoms with Crippen LogP contribution in [-0.4, -0.2) is 21.2 Å². The number of imidazole rings is 1. The van der Waals surface area contributed by atoms with Gasteiger partial charge in [0.2, 0.25) is 6.79 Å². The van der Waals surface area contributed by atoms with E-state index in [9.17, 15) is 0 Å². The summed E-state index contributed by atoms with van der Waals surface area (Å²) in [7, 11) is 0. The fourth-order valence-corrected chi connectivity index (χ4v) is 2.96. The van der Waals surface area contributed by atoms with Crippen LogP contribution < -0.4 is 9.47 Å². The molecule has 0 unspecified atom stereocenters. The van der Waals surface area contributed by atoms with Crippen LogP contribution in [0.4, 0.5) is 0 Å². The van der Waals surface area contributed by atoms with E-state index in [0.29, 0.717) is 0 Å². The Morgan fingerprint density at radius 3 is 2.71 bits per heavy atom. The van der Waals surface area contributed by atoms with E-state index in [-0.39, 0.29) is 6.79 Å². The van der Waals surface area contributed by atoms with Gasteiger partial charge in [0.25, 0.3) is 0 Å². The molecule has 4 heterocycles. The van der Waals surface area contributed by atoms with Gasteiger partial charge in [-0.25, -0.2) is 4.98 Å². The van der Waals surface area contributed by atoms with Gasteiger partial charge in [-0.15, -0.1) is 0 Å². The van der Waals surface area contributed by atoms with Crippen LogP contribution >= 0.6 is 0 Å². The molecule has 3 aromatic heterocycles. The molecule has 0 fully saturated rings. The maximum Gasteiger partial charge on any atom is 0.231 e. The maximum atomic E-state index is 5.48. The lowest BCUT2D eigenvalue weighted by Crippen LogP contribution is -1.93. The van der Waals surface area contributed by atoms with Gasteiger partial charge in [0.1, 0.15) is 5.65 Å². The Bertz CT molecular complexity index is 1040. The van der Waals surface area contributed by atoms with Gasteiger partial charge in [-0.05, 0) is 47.5 Å². The number of aromatic nitrogens is 3. The van der Waals surface area contributed by atoms with Crippen molar-refractivity contribution in [3.63, 3.8) is 0 Å². The Kier molecular flexibility index (Phi) is 2.79. The molecular weight excluding hydrogens is 302 g/mol. The SMILES string of the molecule is c1cncc(-c2cnc3ccc(-c4ccc5c(c4)OCO5)cn23)c1. The zero-order valence-corrected chi connectivity index (χ0v) is 12.7. The first-order chi connectivity index (χ1) is 11.9. The van der Waals surface area contributed by atoms with E-state index in [1.165, 1.54) is 0 Å². The number of pyridine rings is 2. The van der Waals surface area contributed by atoms with Gasteiger partial charge in [-0.2, -0.15) is 0 Å². The summed E-state index contributed by atoms with van der Waals surface area (Å²) in [6.45, 7) is 0.282. The Hall–Kier alpha value is -3.34. The highest BCUT2D eigenvalue weighted by Gasteiger charge is 2.14. The van der Waals surface area contributed by atoms with Gasteiger partial charge >= 0.3 is 0 Å². The third kappa shape index (κ3) is 2.02. The number of benzene rings is 1. The summed E-state index contributed by atoms with van der Waals surface area (Å²) < 4.78 is 12.9. The zero-order chi connectivity index (χ0) is 15.9. The lowest BCUT2D eigenvalue weighted by atomic mass is 10.1. The summed E-state index contributed by atoms with van der Waals surface area (Å²) >= 11 is 0. The van der Waals surface area contributed by atoms with E-state index < -0.39 is 0 Å². The van der Waals surface area contributed by atoms with Crippen molar-refractivity contribution in [2.75, 3.05) is 6.79 Å². The van der Waals surface area contributed by atoms with Crippen LogP contribution in [0, 0.1) is 0 Å². The summed E-state index contributed by atoms with van der Waals surface area (Å²) in [4.78, 5) is 8.67. The summed E-state index contributed by atoms with van der Waals surface area (Å²) in [6, 6.07) is 14.0. The van der Waals surface area contributed by atoms with E-state index in [1.54, 1.807) is 6.20 Å². The second kappa shape index (κ2) is 5.09. The second-order valence-corrected chi connectivity index (χ2v) is 5.60. The van der Waals surface area contributed by atoms with Gasteiger partial charge in [0, 0.05) is 24.2 Å². The third-order valence-corrected chi connectivity index (χ3v) is 4.17. The smallest absolute Gasteiger partial charge is 0.231 e. The van der Waals surface area contributed by atoms with Gasteiger partial charge < -0.3 is 9.47 Å². The molecule has 0 saturated heterocycles. The molecule has 0 aliphatic carbocycles. The summed E-state index contributed by atoms with van der Waals surface area (Å²) in [5, 5.41) is 0. The predicted molar refractivity (Wildman–Crippen MR) is 90.0 cm³/mol. The Morgan fingerprint density at radius 1 is 0.875 bits per heavy atom. The van der Waals surface area contributed by atoms with Crippen LogP contribution in [0.1, 0.15) is 0 Å². The number of hydrogen-bond donors (Lipinski definition) is 0. The van der Waals surface area contributed by atoms with Gasteiger partial charge in [0.05, 0.1) is 11.9 Å². The van der Waals surface area contributed by atoms with E-state index in [1.807, 2.05) is 48.8 Å². The highest BCUT2D eigenvalue weighted by atomic mass is 16.7. The molecule has 24 heavy (non-hydrogen) atoms.